The molecule has 0 heterocycles. The van der Waals surface area contributed by atoms with E-state index in [2.05, 4.69) is 10.6 Å². The van der Waals surface area contributed by atoms with Crippen LogP contribution in [0, 0.1) is 17.8 Å². The van der Waals surface area contributed by atoms with Crippen molar-refractivity contribution in [2.75, 3.05) is 26.7 Å². The van der Waals surface area contributed by atoms with E-state index in [-0.39, 0.29) is 0 Å². The van der Waals surface area contributed by atoms with Crippen LogP contribution in [0.4, 0.5) is 0 Å². The Morgan fingerprint density at radius 2 is 1.92 bits per heavy atom. The lowest BCUT2D eigenvalue weighted by Crippen LogP contribution is -2.22. The molecule has 0 spiro atoms. The van der Waals surface area contributed by atoms with Gasteiger partial charge in [-0.2, -0.15) is 0 Å². The molecule has 2 fully saturated rings. The van der Waals surface area contributed by atoms with Crippen molar-refractivity contribution >= 4 is 0 Å². The van der Waals surface area contributed by atoms with E-state index in [1.807, 2.05) is 7.05 Å². The van der Waals surface area contributed by atoms with Gasteiger partial charge in [0.05, 0.1) is 0 Å². The van der Waals surface area contributed by atoms with Gasteiger partial charge in [0, 0.05) is 0 Å². The summed E-state index contributed by atoms with van der Waals surface area (Å²) in [6, 6.07) is 0. The number of fused-ring (bicyclic) bond motifs is 1. The topological polar surface area (TPSA) is 24.1 Å². The smallest absolute Gasteiger partial charge is 0.00150 e. The van der Waals surface area contributed by atoms with Crippen LogP contribution in [-0.4, -0.2) is 26.7 Å². The fourth-order valence-electron chi connectivity index (χ4n) is 2.93. The van der Waals surface area contributed by atoms with E-state index < -0.39 is 0 Å². The Labute approximate surface area is 81.5 Å². The molecule has 0 radical (unpaired) electrons. The third kappa shape index (κ3) is 2.23. The summed E-state index contributed by atoms with van der Waals surface area (Å²) in [5.74, 6) is 3.30. The number of rotatable bonds is 6. The summed E-state index contributed by atoms with van der Waals surface area (Å²) in [4.78, 5) is 0. The van der Waals surface area contributed by atoms with Crippen molar-refractivity contribution < 1.29 is 0 Å². The average molecular weight is 182 g/mol. The van der Waals surface area contributed by atoms with Crippen LogP contribution in [0.2, 0.25) is 0 Å². The Morgan fingerprint density at radius 3 is 2.62 bits per heavy atom. The molecule has 2 unspecified atom stereocenters. The van der Waals surface area contributed by atoms with Crippen LogP contribution in [0.3, 0.4) is 0 Å². The molecule has 2 heteroatoms. The molecule has 2 saturated carbocycles. The van der Waals surface area contributed by atoms with Crippen molar-refractivity contribution in [3.05, 3.63) is 0 Å². The fourth-order valence-corrected chi connectivity index (χ4v) is 2.93. The molecule has 0 amide bonds. The van der Waals surface area contributed by atoms with Crippen molar-refractivity contribution in [3.63, 3.8) is 0 Å². The van der Waals surface area contributed by atoms with Crippen LogP contribution in [0.25, 0.3) is 0 Å². The molecule has 0 aromatic carbocycles. The third-order valence-corrected chi connectivity index (χ3v) is 3.74. The second-order valence-electron chi connectivity index (χ2n) is 4.58. The van der Waals surface area contributed by atoms with Gasteiger partial charge in [-0.05, 0) is 63.7 Å². The van der Waals surface area contributed by atoms with E-state index in [1.54, 1.807) is 0 Å². The third-order valence-electron chi connectivity index (χ3n) is 3.74. The predicted molar refractivity (Wildman–Crippen MR) is 55.7 cm³/mol. The molecular formula is C11H22N2. The molecule has 0 aromatic rings. The van der Waals surface area contributed by atoms with Gasteiger partial charge in [0.25, 0.3) is 0 Å². The van der Waals surface area contributed by atoms with E-state index in [0.29, 0.717) is 0 Å². The van der Waals surface area contributed by atoms with Gasteiger partial charge in [0.2, 0.25) is 0 Å². The van der Waals surface area contributed by atoms with Crippen molar-refractivity contribution in [1.29, 1.82) is 0 Å². The van der Waals surface area contributed by atoms with Crippen LogP contribution in [0.1, 0.15) is 25.7 Å². The highest BCUT2D eigenvalue weighted by Crippen LogP contribution is 2.56. The quantitative estimate of drug-likeness (QED) is 0.604. The maximum absolute atomic E-state index is 3.57. The number of nitrogens with one attached hydrogen (secondary N) is 2. The molecule has 2 rings (SSSR count). The molecule has 0 aliphatic heterocycles. The minimum atomic E-state index is 1.06. The lowest BCUT2D eigenvalue weighted by molar-refractivity contribution is 0.524. The predicted octanol–water partition coefficient (Wildman–Crippen LogP) is 1.23. The van der Waals surface area contributed by atoms with Crippen molar-refractivity contribution in [2.24, 2.45) is 17.8 Å². The monoisotopic (exact) mass is 182 g/mol. The zero-order valence-corrected chi connectivity index (χ0v) is 8.68. The SMILES string of the molecule is CNCCCNCC1C2CCCC21. The van der Waals surface area contributed by atoms with Gasteiger partial charge in [0.15, 0.2) is 0 Å². The Balaban J connectivity index is 1.46. The summed E-state index contributed by atoms with van der Waals surface area (Å²) in [6.45, 7) is 3.63. The Morgan fingerprint density at radius 1 is 1.15 bits per heavy atom. The lowest BCUT2D eigenvalue weighted by Gasteiger charge is -2.05. The molecule has 76 valence electrons. The van der Waals surface area contributed by atoms with Gasteiger partial charge in [-0.25, -0.2) is 0 Å². The Bertz CT molecular complexity index is 148. The standard InChI is InChI=1S/C11H22N2/c1-12-6-3-7-13-8-11-9-4-2-5-10(9)11/h9-13H,2-8H2,1H3. The zero-order chi connectivity index (χ0) is 9.10. The summed E-state index contributed by atoms with van der Waals surface area (Å²) >= 11 is 0. The first kappa shape index (κ1) is 9.47. The van der Waals surface area contributed by atoms with Gasteiger partial charge in [-0.15, -0.1) is 0 Å². The first-order valence-electron chi connectivity index (χ1n) is 5.79. The summed E-state index contributed by atoms with van der Waals surface area (Å²) in [6.07, 6.45) is 5.81. The first-order chi connectivity index (χ1) is 6.43. The molecule has 0 saturated heterocycles. The maximum atomic E-state index is 3.57. The van der Waals surface area contributed by atoms with Crippen LogP contribution in [-0.2, 0) is 0 Å². The first-order valence-corrected chi connectivity index (χ1v) is 5.79. The lowest BCUT2D eigenvalue weighted by atomic mass is 10.1. The second kappa shape index (κ2) is 4.43. The van der Waals surface area contributed by atoms with Crippen LogP contribution >= 0.6 is 0 Å². The molecule has 0 aromatic heterocycles. The van der Waals surface area contributed by atoms with Gasteiger partial charge in [-0.1, -0.05) is 6.42 Å². The van der Waals surface area contributed by atoms with E-state index in [4.69, 9.17) is 0 Å². The molecule has 2 atom stereocenters. The highest BCUT2D eigenvalue weighted by molar-refractivity contribution is 5.01. The van der Waals surface area contributed by atoms with Gasteiger partial charge in [-0.3, -0.25) is 0 Å². The minimum absolute atomic E-state index is 1.06. The Hall–Kier alpha value is -0.0800. The number of hydrogen-bond acceptors (Lipinski definition) is 2. The van der Waals surface area contributed by atoms with Crippen molar-refractivity contribution in [3.8, 4) is 0 Å². The highest BCUT2D eigenvalue weighted by atomic mass is 14.9. The molecule has 2 aliphatic carbocycles. The summed E-state index contributed by atoms with van der Waals surface area (Å²) in [5, 5.41) is 6.74. The summed E-state index contributed by atoms with van der Waals surface area (Å²) in [7, 11) is 2.02. The summed E-state index contributed by atoms with van der Waals surface area (Å²) in [5.41, 5.74) is 0. The normalized spacial score (nSPS) is 36.2. The Kier molecular flexibility index (Phi) is 3.23. The van der Waals surface area contributed by atoms with E-state index >= 15 is 0 Å². The molecule has 2 N–H and O–H groups in total. The van der Waals surface area contributed by atoms with E-state index in [9.17, 15) is 0 Å². The molecule has 2 nitrogen and oxygen atoms in total. The highest BCUT2D eigenvalue weighted by Gasteiger charge is 2.51. The largest absolute Gasteiger partial charge is 0.320 e. The molecule has 0 bridgehead atoms. The molecule has 2 aliphatic rings. The van der Waals surface area contributed by atoms with Gasteiger partial charge < -0.3 is 10.6 Å². The second-order valence-corrected chi connectivity index (χ2v) is 4.58. The maximum Gasteiger partial charge on any atom is -0.00150 e. The van der Waals surface area contributed by atoms with Crippen molar-refractivity contribution in [1.82, 2.24) is 10.6 Å². The average Bonchev–Trinajstić information content (AvgIpc) is 2.62. The molecule has 13 heavy (non-hydrogen) atoms. The van der Waals surface area contributed by atoms with E-state index in [0.717, 1.165) is 24.3 Å². The van der Waals surface area contributed by atoms with Gasteiger partial charge in [0.1, 0.15) is 0 Å². The minimum Gasteiger partial charge on any atom is -0.320 e. The van der Waals surface area contributed by atoms with E-state index in [1.165, 1.54) is 38.8 Å². The van der Waals surface area contributed by atoms with Gasteiger partial charge >= 0.3 is 0 Å². The van der Waals surface area contributed by atoms with Crippen molar-refractivity contribution in [2.45, 2.75) is 25.7 Å². The zero-order valence-electron chi connectivity index (χ0n) is 8.68. The van der Waals surface area contributed by atoms with Crippen LogP contribution in [0.5, 0.6) is 0 Å². The van der Waals surface area contributed by atoms with Crippen LogP contribution < -0.4 is 10.6 Å². The number of hydrogen-bond donors (Lipinski definition) is 2. The van der Waals surface area contributed by atoms with Crippen LogP contribution in [0.15, 0.2) is 0 Å². The summed E-state index contributed by atoms with van der Waals surface area (Å²) < 4.78 is 0. The fraction of sp³-hybridized carbons (Fsp3) is 1.00. The molecular weight excluding hydrogens is 160 g/mol.